The average molecular weight is 547 g/mol. The van der Waals surface area contributed by atoms with Crippen molar-refractivity contribution in [3.8, 4) is 34.5 Å². The molecular weight excluding hydrogens is 523 g/mol. The van der Waals surface area contributed by atoms with Crippen molar-refractivity contribution in [3.05, 3.63) is 65.5 Å². The normalized spacial score (nSPS) is 13.6. The van der Waals surface area contributed by atoms with E-state index in [-0.39, 0.29) is 41.5 Å². The monoisotopic (exact) mass is 546 g/mol. The third kappa shape index (κ3) is 5.81. The van der Waals surface area contributed by atoms with Gasteiger partial charge in [-0.25, -0.2) is 28.7 Å². The number of aryl methyl sites for hydroxylation is 1. The van der Waals surface area contributed by atoms with Gasteiger partial charge in [-0.2, -0.15) is 18.2 Å². The number of hydrogen-bond acceptors (Lipinski definition) is 7. The summed E-state index contributed by atoms with van der Waals surface area (Å²) < 4.78 is 78.1. The maximum atomic E-state index is 13.3. The molecule has 1 aromatic carbocycles. The van der Waals surface area contributed by atoms with Gasteiger partial charge < -0.3 is 14.0 Å². The van der Waals surface area contributed by atoms with E-state index in [0.29, 0.717) is 16.7 Å². The molecule has 0 aliphatic heterocycles. The summed E-state index contributed by atoms with van der Waals surface area (Å²) in [6, 6.07) is 6.54. The summed E-state index contributed by atoms with van der Waals surface area (Å²) in [6.45, 7) is -0.0285. The van der Waals surface area contributed by atoms with Crippen LogP contribution < -0.4 is 9.47 Å². The van der Waals surface area contributed by atoms with Crippen molar-refractivity contribution in [2.24, 2.45) is 7.05 Å². The minimum absolute atomic E-state index is 0.0176. The molecule has 5 rings (SSSR count). The van der Waals surface area contributed by atoms with Gasteiger partial charge in [-0.15, -0.1) is 0 Å². The average Bonchev–Trinajstić information content (AvgIpc) is 3.68. The number of halogens is 5. The summed E-state index contributed by atoms with van der Waals surface area (Å²) in [5.74, 6) is 0.830. The van der Waals surface area contributed by atoms with Crippen molar-refractivity contribution in [1.82, 2.24) is 29.5 Å². The van der Waals surface area contributed by atoms with E-state index in [1.165, 1.54) is 31.2 Å². The van der Waals surface area contributed by atoms with Crippen LogP contribution in [0.4, 0.5) is 22.0 Å². The van der Waals surface area contributed by atoms with Gasteiger partial charge in [0.15, 0.2) is 11.5 Å². The van der Waals surface area contributed by atoms with Crippen LogP contribution in [-0.2, 0) is 26.3 Å². The molecule has 1 saturated carbocycles. The molecule has 1 fully saturated rings. The molecule has 0 N–H and O–H groups in total. The lowest BCUT2D eigenvalue weighted by molar-refractivity contribution is -0.140. The second-order valence-corrected chi connectivity index (χ2v) is 9.08. The highest BCUT2D eigenvalue weighted by Crippen LogP contribution is 2.45. The van der Waals surface area contributed by atoms with Crippen LogP contribution in [0, 0.1) is 0 Å². The van der Waals surface area contributed by atoms with Gasteiger partial charge in [0.05, 0.1) is 12.8 Å². The van der Waals surface area contributed by atoms with E-state index in [2.05, 4.69) is 24.9 Å². The summed E-state index contributed by atoms with van der Waals surface area (Å²) in [5.41, 5.74) is 1.49. The maximum Gasteiger partial charge on any atom is 0.434 e. The zero-order chi connectivity index (χ0) is 27.7. The lowest BCUT2D eigenvalue weighted by Crippen LogP contribution is -2.08. The minimum Gasteiger partial charge on any atom is -0.480 e. The van der Waals surface area contributed by atoms with Gasteiger partial charge >= 0.3 is 6.18 Å². The SMILES string of the molecule is COc1ncnc(C2CC2)c1-c1ncc(CC(F)F)c(OCc2ccc(-c3nc(C(F)(F)F)cn3C)cc2)n1. The Bertz CT molecular complexity index is 1470. The smallest absolute Gasteiger partial charge is 0.434 e. The Morgan fingerprint density at radius 2 is 1.77 bits per heavy atom. The van der Waals surface area contributed by atoms with Gasteiger partial charge in [0, 0.05) is 42.9 Å². The van der Waals surface area contributed by atoms with Crippen LogP contribution in [0.5, 0.6) is 11.8 Å². The fourth-order valence-electron chi connectivity index (χ4n) is 4.13. The third-order valence-corrected chi connectivity index (χ3v) is 6.18. The molecule has 3 heterocycles. The molecule has 13 heteroatoms. The van der Waals surface area contributed by atoms with Crippen LogP contribution in [0.15, 0.2) is 43.0 Å². The Morgan fingerprint density at radius 3 is 2.38 bits per heavy atom. The summed E-state index contributed by atoms with van der Waals surface area (Å²) >= 11 is 0. The Labute approximate surface area is 219 Å². The van der Waals surface area contributed by atoms with Crippen LogP contribution in [0.1, 0.15) is 41.3 Å². The zero-order valence-corrected chi connectivity index (χ0v) is 20.9. The van der Waals surface area contributed by atoms with Crippen LogP contribution in [0.3, 0.4) is 0 Å². The van der Waals surface area contributed by atoms with Crippen molar-refractivity contribution in [2.45, 2.75) is 44.4 Å². The Balaban J connectivity index is 1.41. The van der Waals surface area contributed by atoms with E-state index in [0.717, 1.165) is 24.7 Å². The Hall–Kier alpha value is -4.16. The molecule has 8 nitrogen and oxygen atoms in total. The molecule has 0 atom stereocenters. The molecule has 4 aromatic rings. The minimum atomic E-state index is -4.55. The molecule has 0 spiro atoms. The number of ether oxygens (including phenoxy) is 2. The van der Waals surface area contributed by atoms with Crippen molar-refractivity contribution < 1.29 is 31.4 Å². The number of aromatic nitrogens is 6. The summed E-state index contributed by atoms with van der Waals surface area (Å²) in [4.78, 5) is 21.0. The lowest BCUT2D eigenvalue weighted by atomic mass is 10.1. The highest BCUT2D eigenvalue weighted by molar-refractivity contribution is 5.66. The molecule has 1 aliphatic carbocycles. The zero-order valence-electron chi connectivity index (χ0n) is 20.9. The molecule has 0 radical (unpaired) electrons. The van der Waals surface area contributed by atoms with Gasteiger partial charge in [0.25, 0.3) is 0 Å². The van der Waals surface area contributed by atoms with Crippen LogP contribution >= 0.6 is 0 Å². The van der Waals surface area contributed by atoms with Crippen molar-refractivity contribution in [2.75, 3.05) is 7.11 Å². The molecular formula is C26H23F5N6O2. The van der Waals surface area contributed by atoms with Gasteiger partial charge in [-0.1, -0.05) is 24.3 Å². The Morgan fingerprint density at radius 1 is 1.03 bits per heavy atom. The predicted octanol–water partition coefficient (Wildman–Crippen LogP) is 5.63. The molecule has 3 aromatic heterocycles. The van der Waals surface area contributed by atoms with E-state index in [1.54, 1.807) is 24.3 Å². The quantitative estimate of drug-likeness (QED) is 0.252. The van der Waals surface area contributed by atoms with E-state index in [1.807, 2.05) is 0 Å². The van der Waals surface area contributed by atoms with E-state index >= 15 is 0 Å². The molecule has 1 aliphatic rings. The summed E-state index contributed by atoms with van der Waals surface area (Å²) in [7, 11) is 2.94. The fraction of sp³-hybridized carbons (Fsp3) is 0.346. The van der Waals surface area contributed by atoms with Crippen molar-refractivity contribution >= 4 is 0 Å². The fourth-order valence-corrected chi connectivity index (χ4v) is 4.13. The topological polar surface area (TPSA) is 87.8 Å². The predicted molar refractivity (Wildman–Crippen MR) is 129 cm³/mol. The van der Waals surface area contributed by atoms with Gasteiger partial charge in [0.1, 0.15) is 24.3 Å². The first-order chi connectivity index (χ1) is 18.6. The molecule has 0 bridgehead atoms. The van der Waals surface area contributed by atoms with Crippen LogP contribution in [0.2, 0.25) is 0 Å². The molecule has 204 valence electrons. The number of hydrogen-bond donors (Lipinski definition) is 0. The summed E-state index contributed by atoms with van der Waals surface area (Å²) in [6.07, 6.45) is -2.27. The second-order valence-electron chi connectivity index (χ2n) is 9.08. The van der Waals surface area contributed by atoms with Gasteiger partial charge in [-0.05, 0) is 18.4 Å². The van der Waals surface area contributed by atoms with Crippen LogP contribution in [0.25, 0.3) is 22.8 Å². The first-order valence-corrected chi connectivity index (χ1v) is 12.0. The number of alkyl halides is 5. The second kappa shape index (κ2) is 10.5. The van der Waals surface area contributed by atoms with E-state index < -0.39 is 24.7 Å². The largest absolute Gasteiger partial charge is 0.480 e. The highest BCUT2D eigenvalue weighted by atomic mass is 19.4. The first-order valence-electron chi connectivity index (χ1n) is 12.0. The number of nitrogens with zero attached hydrogens (tertiary/aromatic N) is 6. The maximum absolute atomic E-state index is 13.3. The van der Waals surface area contributed by atoms with Crippen LogP contribution in [-0.4, -0.2) is 43.0 Å². The lowest BCUT2D eigenvalue weighted by Gasteiger charge is -2.14. The van der Waals surface area contributed by atoms with Gasteiger partial charge in [0.2, 0.25) is 18.2 Å². The van der Waals surface area contributed by atoms with Gasteiger partial charge in [-0.3, -0.25) is 0 Å². The molecule has 39 heavy (non-hydrogen) atoms. The third-order valence-electron chi connectivity index (χ3n) is 6.18. The summed E-state index contributed by atoms with van der Waals surface area (Å²) in [5, 5.41) is 0. The Kier molecular flexibility index (Phi) is 7.15. The number of imidazole rings is 1. The van der Waals surface area contributed by atoms with E-state index in [4.69, 9.17) is 9.47 Å². The highest BCUT2D eigenvalue weighted by Gasteiger charge is 2.34. The van der Waals surface area contributed by atoms with Crippen molar-refractivity contribution in [3.63, 3.8) is 0 Å². The van der Waals surface area contributed by atoms with E-state index in [9.17, 15) is 22.0 Å². The standard InChI is InChI=1S/C26H23F5N6O2/c1-37-11-18(26(29,30)31)35-23(37)16-5-3-14(4-6-16)12-39-24-17(9-19(27)28)10-32-22(36-24)20-21(15-7-8-15)33-13-34-25(20)38-2/h3-6,10-11,13,15,19H,7-9,12H2,1-2H3. The number of benzene rings is 1. The number of methoxy groups -OCH3 is 1. The van der Waals surface area contributed by atoms with Crippen molar-refractivity contribution in [1.29, 1.82) is 0 Å². The first kappa shape index (κ1) is 26.4. The molecule has 0 amide bonds. The molecule has 0 unspecified atom stereocenters. The molecule has 0 saturated heterocycles. The number of rotatable bonds is 9.